The lowest BCUT2D eigenvalue weighted by Gasteiger charge is -2.09. The lowest BCUT2D eigenvalue weighted by molar-refractivity contribution is -0.132. The van der Waals surface area contributed by atoms with E-state index in [1.807, 2.05) is 6.92 Å². The van der Waals surface area contributed by atoms with Gasteiger partial charge in [0.1, 0.15) is 5.78 Å². The summed E-state index contributed by atoms with van der Waals surface area (Å²) in [4.78, 5) is 22.9. The van der Waals surface area contributed by atoms with Crippen molar-refractivity contribution in [1.29, 1.82) is 0 Å². The number of carbonyl (C=O) groups excluding carboxylic acids is 2. The van der Waals surface area contributed by atoms with Crippen LogP contribution in [-0.2, 0) is 9.59 Å². The molecule has 0 heterocycles. The third-order valence-corrected chi connectivity index (χ3v) is 4.67. The molecule has 1 amide bonds. The fourth-order valence-corrected chi connectivity index (χ4v) is 3.08. The van der Waals surface area contributed by atoms with Gasteiger partial charge in [0.05, 0.1) is 5.92 Å². The van der Waals surface area contributed by atoms with Crippen molar-refractivity contribution in [2.24, 2.45) is 11.7 Å². The van der Waals surface area contributed by atoms with Crippen LogP contribution in [0.1, 0.15) is 110 Å². The van der Waals surface area contributed by atoms with Gasteiger partial charge in [-0.3, -0.25) is 9.59 Å². The van der Waals surface area contributed by atoms with Gasteiger partial charge in [0.15, 0.2) is 0 Å². The van der Waals surface area contributed by atoms with Gasteiger partial charge in [-0.25, -0.2) is 0 Å². The minimum atomic E-state index is -0.563. The van der Waals surface area contributed by atoms with Gasteiger partial charge in [-0.15, -0.1) is 0 Å². The van der Waals surface area contributed by atoms with Crippen molar-refractivity contribution in [2.45, 2.75) is 110 Å². The zero-order valence-electron chi connectivity index (χ0n) is 15.6. The number of unbranched alkanes of at least 4 members (excludes halogenated alkanes) is 12. The number of rotatable bonds is 17. The summed E-state index contributed by atoms with van der Waals surface area (Å²) < 4.78 is 0. The highest BCUT2D eigenvalue weighted by Crippen LogP contribution is 2.14. The van der Waals surface area contributed by atoms with Crippen molar-refractivity contribution < 1.29 is 9.59 Å². The van der Waals surface area contributed by atoms with Gasteiger partial charge in [-0.05, 0) is 12.8 Å². The number of carbonyl (C=O) groups is 2. The van der Waals surface area contributed by atoms with E-state index in [-0.39, 0.29) is 5.78 Å². The molecule has 23 heavy (non-hydrogen) atoms. The predicted octanol–water partition coefficient (Wildman–Crippen LogP) is 5.55. The van der Waals surface area contributed by atoms with Crippen molar-refractivity contribution in [2.75, 3.05) is 0 Å². The van der Waals surface area contributed by atoms with Crippen LogP contribution < -0.4 is 5.73 Å². The van der Waals surface area contributed by atoms with Crippen LogP contribution in [0, 0.1) is 5.92 Å². The Bertz CT molecular complexity index is 302. The molecule has 0 saturated heterocycles. The normalized spacial score (nSPS) is 12.3. The van der Waals surface area contributed by atoms with Crippen molar-refractivity contribution in [1.82, 2.24) is 0 Å². The van der Waals surface area contributed by atoms with Gasteiger partial charge in [0.2, 0.25) is 5.91 Å². The summed E-state index contributed by atoms with van der Waals surface area (Å²) in [7, 11) is 0. The number of Topliss-reactive ketones (excluding diaryl/α,β-unsaturated/α-hetero) is 1. The Morgan fingerprint density at radius 1 is 0.696 bits per heavy atom. The van der Waals surface area contributed by atoms with Crippen LogP contribution in [0.4, 0.5) is 0 Å². The van der Waals surface area contributed by atoms with Crippen molar-refractivity contribution in [3.63, 3.8) is 0 Å². The smallest absolute Gasteiger partial charge is 0.227 e. The van der Waals surface area contributed by atoms with E-state index in [1.165, 1.54) is 70.6 Å². The standard InChI is InChI=1S/C20H39NO2/c1-3-5-6-7-8-9-10-11-12-13-14-15-16-17-19(22)18(4-2)20(21)23/h18H,3-17H2,1-2H3,(H2,21,23). The van der Waals surface area contributed by atoms with Gasteiger partial charge in [-0.1, -0.05) is 90.9 Å². The molecule has 0 aromatic carbocycles. The van der Waals surface area contributed by atoms with E-state index in [1.54, 1.807) is 0 Å². The number of amides is 1. The van der Waals surface area contributed by atoms with Gasteiger partial charge in [-0.2, -0.15) is 0 Å². The fourth-order valence-electron chi connectivity index (χ4n) is 3.08. The summed E-state index contributed by atoms with van der Waals surface area (Å²) in [5, 5.41) is 0. The quantitative estimate of drug-likeness (QED) is 0.281. The van der Waals surface area contributed by atoms with Crippen LogP contribution in [0.15, 0.2) is 0 Å². The molecule has 2 N–H and O–H groups in total. The summed E-state index contributed by atoms with van der Waals surface area (Å²) in [5.74, 6) is -0.998. The zero-order valence-corrected chi connectivity index (χ0v) is 15.6. The van der Waals surface area contributed by atoms with Crippen LogP contribution in [0.5, 0.6) is 0 Å². The lowest BCUT2D eigenvalue weighted by Crippen LogP contribution is -2.29. The number of hydrogen-bond donors (Lipinski definition) is 1. The molecule has 1 atom stereocenters. The van der Waals surface area contributed by atoms with Crippen molar-refractivity contribution >= 4 is 11.7 Å². The second-order valence-corrected chi connectivity index (χ2v) is 6.82. The molecule has 0 fully saturated rings. The van der Waals surface area contributed by atoms with Crippen LogP contribution >= 0.6 is 0 Å². The fraction of sp³-hybridized carbons (Fsp3) is 0.900. The molecule has 0 radical (unpaired) electrons. The maximum absolute atomic E-state index is 11.8. The Morgan fingerprint density at radius 2 is 1.09 bits per heavy atom. The molecular formula is C20H39NO2. The Balaban J connectivity index is 3.30. The lowest BCUT2D eigenvalue weighted by atomic mass is 9.95. The van der Waals surface area contributed by atoms with E-state index in [0.717, 1.165) is 12.8 Å². The summed E-state index contributed by atoms with van der Waals surface area (Å²) in [5.41, 5.74) is 5.23. The minimum Gasteiger partial charge on any atom is -0.369 e. The Kier molecular flexibility index (Phi) is 15.4. The molecule has 3 heteroatoms. The van der Waals surface area contributed by atoms with Crippen LogP contribution in [0.25, 0.3) is 0 Å². The first-order valence-electron chi connectivity index (χ1n) is 9.95. The SMILES string of the molecule is CCCCCCCCCCCCCCCC(=O)C(CC)C(N)=O. The minimum absolute atomic E-state index is 0.0306. The molecule has 0 aromatic rings. The molecule has 136 valence electrons. The molecule has 0 aliphatic heterocycles. The van der Waals surface area contributed by atoms with E-state index < -0.39 is 11.8 Å². The van der Waals surface area contributed by atoms with Gasteiger partial charge < -0.3 is 5.73 Å². The van der Waals surface area contributed by atoms with E-state index in [2.05, 4.69) is 6.92 Å². The monoisotopic (exact) mass is 325 g/mol. The summed E-state index contributed by atoms with van der Waals surface area (Å²) >= 11 is 0. The molecular weight excluding hydrogens is 286 g/mol. The summed E-state index contributed by atoms with van der Waals surface area (Å²) in [6.07, 6.45) is 17.9. The maximum atomic E-state index is 11.8. The second kappa shape index (κ2) is 16.0. The maximum Gasteiger partial charge on any atom is 0.227 e. The molecule has 0 aromatic heterocycles. The highest BCUT2D eigenvalue weighted by molar-refractivity contribution is 6.00. The van der Waals surface area contributed by atoms with E-state index in [4.69, 9.17) is 5.73 Å². The molecule has 0 spiro atoms. The molecule has 3 nitrogen and oxygen atoms in total. The Morgan fingerprint density at radius 3 is 1.43 bits per heavy atom. The summed E-state index contributed by atoms with van der Waals surface area (Å²) in [6, 6.07) is 0. The van der Waals surface area contributed by atoms with Crippen molar-refractivity contribution in [3.05, 3.63) is 0 Å². The number of nitrogens with two attached hydrogens (primary N) is 1. The molecule has 0 aliphatic rings. The molecule has 0 saturated carbocycles. The average molecular weight is 326 g/mol. The largest absolute Gasteiger partial charge is 0.369 e. The van der Waals surface area contributed by atoms with Crippen LogP contribution in [0.2, 0.25) is 0 Å². The molecule has 0 aliphatic carbocycles. The van der Waals surface area contributed by atoms with Crippen LogP contribution in [0.3, 0.4) is 0 Å². The molecule has 0 bridgehead atoms. The zero-order chi connectivity index (χ0) is 17.3. The third-order valence-electron chi connectivity index (χ3n) is 4.67. The Labute approximate surface area is 143 Å². The van der Waals surface area contributed by atoms with Gasteiger partial charge in [0, 0.05) is 6.42 Å². The Hall–Kier alpha value is -0.860. The van der Waals surface area contributed by atoms with Gasteiger partial charge >= 0.3 is 0 Å². The number of primary amides is 1. The van der Waals surface area contributed by atoms with Gasteiger partial charge in [0.25, 0.3) is 0 Å². The number of hydrogen-bond acceptors (Lipinski definition) is 2. The van der Waals surface area contributed by atoms with Crippen LogP contribution in [-0.4, -0.2) is 11.7 Å². The van der Waals surface area contributed by atoms with Crippen molar-refractivity contribution in [3.8, 4) is 0 Å². The first-order valence-corrected chi connectivity index (χ1v) is 9.95. The van der Waals surface area contributed by atoms with E-state index in [9.17, 15) is 9.59 Å². The first kappa shape index (κ1) is 22.1. The number of ketones is 1. The molecule has 0 rings (SSSR count). The second-order valence-electron chi connectivity index (χ2n) is 6.82. The first-order chi connectivity index (χ1) is 11.1. The third kappa shape index (κ3) is 13.3. The molecule has 1 unspecified atom stereocenters. The topological polar surface area (TPSA) is 60.2 Å². The average Bonchev–Trinajstić information content (AvgIpc) is 2.52. The van der Waals surface area contributed by atoms with E-state index >= 15 is 0 Å². The summed E-state index contributed by atoms with van der Waals surface area (Å²) in [6.45, 7) is 4.10. The highest BCUT2D eigenvalue weighted by Gasteiger charge is 2.20. The van der Waals surface area contributed by atoms with E-state index in [0.29, 0.717) is 12.8 Å². The predicted molar refractivity (Wildman–Crippen MR) is 98.3 cm³/mol. The highest BCUT2D eigenvalue weighted by atomic mass is 16.2.